The lowest BCUT2D eigenvalue weighted by Crippen LogP contribution is -2.31. The maximum absolute atomic E-state index is 12.4. The molecule has 0 bridgehead atoms. The summed E-state index contributed by atoms with van der Waals surface area (Å²) in [5.41, 5.74) is 2.01. The highest BCUT2D eigenvalue weighted by atomic mass is 32.2. The summed E-state index contributed by atoms with van der Waals surface area (Å²) < 4.78 is 3.60. The molecule has 0 saturated heterocycles. The number of benzene rings is 1. The van der Waals surface area contributed by atoms with E-state index in [1.165, 1.54) is 6.33 Å². The molecule has 3 rings (SSSR count). The molecular weight excluding hydrogens is 338 g/mol. The number of nitrogens with zero attached hydrogens (tertiary/aromatic N) is 6. The third-order valence-corrected chi connectivity index (χ3v) is 4.68. The largest absolute Gasteiger partial charge is 0.346 e. The molecule has 1 aromatic carbocycles. The predicted octanol–water partition coefficient (Wildman–Crippen LogP) is 1.56. The van der Waals surface area contributed by atoms with Crippen LogP contribution in [0.15, 0.2) is 30.6 Å². The van der Waals surface area contributed by atoms with Crippen molar-refractivity contribution >= 4 is 28.7 Å². The molecule has 0 aliphatic rings. The monoisotopic (exact) mass is 359 g/mol. The molecule has 25 heavy (non-hydrogen) atoms. The van der Waals surface area contributed by atoms with E-state index in [4.69, 9.17) is 4.98 Å². The van der Waals surface area contributed by atoms with Crippen LogP contribution in [0.1, 0.15) is 24.7 Å². The van der Waals surface area contributed by atoms with Gasteiger partial charge in [0.2, 0.25) is 5.91 Å². The molecule has 0 aliphatic heterocycles. The van der Waals surface area contributed by atoms with Gasteiger partial charge in [-0.15, -0.1) is 5.10 Å². The number of hydrogen-bond donors (Lipinski definition) is 1. The summed E-state index contributed by atoms with van der Waals surface area (Å²) in [7, 11) is 1.99. The van der Waals surface area contributed by atoms with Crippen molar-refractivity contribution in [1.82, 2.24) is 35.1 Å². The molecule has 8 nitrogen and oxygen atoms in total. The number of aromatic nitrogens is 6. The first-order valence-corrected chi connectivity index (χ1v) is 9.49. The van der Waals surface area contributed by atoms with E-state index in [1.54, 1.807) is 16.4 Å². The van der Waals surface area contributed by atoms with Crippen LogP contribution in [0.2, 0.25) is 0 Å². The number of thioether (sulfide) groups is 1. The minimum atomic E-state index is -0.119. The normalized spacial score (nSPS) is 12.4. The summed E-state index contributed by atoms with van der Waals surface area (Å²) in [6, 6.07) is 7.88. The Morgan fingerprint density at radius 2 is 2.20 bits per heavy atom. The minimum absolute atomic E-state index is 0.0336. The molecule has 0 radical (unpaired) electrons. The second kappa shape index (κ2) is 8.11. The first-order valence-electron chi connectivity index (χ1n) is 8.09. The lowest BCUT2D eigenvalue weighted by molar-refractivity contribution is -0.122. The lowest BCUT2D eigenvalue weighted by Gasteiger charge is -2.18. The Balaban J connectivity index is 1.74. The van der Waals surface area contributed by atoms with Crippen LogP contribution in [-0.4, -0.2) is 47.7 Å². The van der Waals surface area contributed by atoms with Gasteiger partial charge in [0.1, 0.15) is 12.2 Å². The molecule has 0 fully saturated rings. The van der Waals surface area contributed by atoms with Gasteiger partial charge in [-0.3, -0.25) is 4.79 Å². The number of amides is 1. The van der Waals surface area contributed by atoms with Gasteiger partial charge in [0.25, 0.3) is 0 Å². The van der Waals surface area contributed by atoms with Crippen molar-refractivity contribution in [1.29, 1.82) is 0 Å². The van der Waals surface area contributed by atoms with Gasteiger partial charge >= 0.3 is 0 Å². The molecule has 1 amide bonds. The SMILES string of the molecule is CSCC[C@@H](NC(=O)CCn1cnnn1)c1nc2ccccc2n1C. The minimum Gasteiger partial charge on any atom is -0.346 e. The van der Waals surface area contributed by atoms with Crippen molar-refractivity contribution in [2.45, 2.75) is 25.4 Å². The molecule has 2 aromatic heterocycles. The van der Waals surface area contributed by atoms with E-state index >= 15 is 0 Å². The Morgan fingerprint density at radius 1 is 1.36 bits per heavy atom. The fraction of sp³-hybridized carbons (Fsp3) is 0.438. The van der Waals surface area contributed by atoms with Gasteiger partial charge in [0.15, 0.2) is 0 Å². The van der Waals surface area contributed by atoms with Crippen molar-refractivity contribution in [2.75, 3.05) is 12.0 Å². The first-order chi connectivity index (χ1) is 12.2. The topological polar surface area (TPSA) is 90.5 Å². The number of carbonyl (C=O) groups is 1. The van der Waals surface area contributed by atoms with Crippen LogP contribution in [0.5, 0.6) is 0 Å². The van der Waals surface area contributed by atoms with Gasteiger partial charge in [-0.2, -0.15) is 11.8 Å². The highest BCUT2D eigenvalue weighted by Gasteiger charge is 2.20. The number of rotatable bonds is 8. The van der Waals surface area contributed by atoms with Crippen LogP contribution in [0.25, 0.3) is 11.0 Å². The number of aryl methyl sites for hydroxylation is 2. The fourth-order valence-corrected chi connectivity index (χ4v) is 3.21. The van der Waals surface area contributed by atoms with Crippen LogP contribution in [0.4, 0.5) is 0 Å². The van der Waals surface area contributed by atoms with E-state index in [9.17, 15) is 4.79 Å². The van der Waals surface area contributed by atoms with Gasteiger partial charge < -0.3 is 9.88 Å². The van der Waals surface area contributed by atoms with Gasteiger partial charge in [-0.05, 0) is 41.0 Å². The summed E-state index contributed by atoms with van der Waals surface area (Å²) in [6.45, 7) is 0.455. The molecule has 1 atom stereocenters. The van der Waals surface area contributed by atoms with Crippen LogP contribution < -0.4 is 5.32 Å². The number of nitrogens with one attached hydrogen (secondary N) is 1. The zero-order valence-corrected chi connectivity index (χ0v) is 15.1. The Hall–Kier alpha value is -2.42. The van der Waals surface area contributed by atoms with Crippen molar-refractivity contribution in [3.05, 3.63) is 36.4 Å². The maximum Gasteiger partial charge on any atom is 0.222 e. The summed E-state index contributed by atoms with van der Waals surface area (Å²) in [5, 5.41) is 14.0. The third-order valence-electron chi connectivity index (χ3n) is 4.04. The number of imidazole rings is 1. The molecule has 0 unspecified atom stereocenters. The van der Waals surface area contributed by atoms with Gasteiger partial charge in [0.05, 0.1) is 23.6 Å². The summed E-state index contributed by atoms with van der Waals surface area (Å²) >= 11 is 1.76. The Labute approximate surface area is 150 Å². The average molecular weight is 359 g/mol. The molecule has 2 heterocycles. The quantitative estimate of drug-likeness (QED) is 0.656. The highest BCUT2D eigenvalue weighted by Crippen LogP contribution is 2.22. The van der Waals surface area contributed by atoms with E-state index in [2.05, 4.69) is 31.7 Å². The molecule has 0 spiro atoms. The highest BCUT2D eigenvalue weighted by molar-refractivity contribution is 7.98. The van der Waals surface area contributed by atoms with Crippen LogP contribution in [-0.2, 0) is 18.4 Å². The Morgan fingerprint density at radius 3 is 2.92 bits per heavy atom. The zero-order chi connectivity index (χ0) is 17.6. The molecule has 0 aliphatic carbocycles. The Bertz CT molecular complexity index is 830. The maximum atomic E-state index is 12.4. The Kier molecular flexibility index (Phi) is 5.64. The van der Waals surface area contributed by atoms with Crippen molar-refractivity contribution in [2.24, 2.45) is 7.05 Å². The van der Waals surface area contributed by atoms with Gasteiger partial charge in [-0.25, -0.2) is 9.67 Å². The predicted molar refractivity (Wildman–Crippen MR) is 97.0 cm³/mol. The average Bonchev–Trinajstić information content (AvgIpc) is 3.25. The van der Waals surface area contributed by atoms with Gasteiger partial charge in [0, 0.05) is 13.5 Å². The first kappa shape index (κ1) is 17.4. The van der Waals surface area contributed by atoms with Crippen LogP contribution in [0, 0.1) is 0 Å². The second-order valence-corrected chi connectivity index (χ2v) is 6.73. The van der Waals surface area contributed by atoms with Gasteiger partial charge in [-0.1, -0.05) is 12.1 Å². The summed E-state index contributed by atoms with van der Waals surface area (Å²) in [6.07, 6.45) is 4.72. The fourth-order valence-electron chi connectivity index (χ4n) is 2.74. The number of carbonyl (C=O) groups excluding carboxylic acids is 1. The number of para-hydroxylation sites is 2. The van der Waals surface area contributed by atoms with Crippen LogP contribution >= 0.6 is 11.8 Å². The lowest BCUT2D eigenvalue weighted by atomic mass is 10.2. The number of fused-ring (bicyclic) bond motifs is 1. The second-order valence-electron chi connectivity index (χ2n) is 5.74. The molecule has 9 heteroatoms. The van der Waals surface area contributed by atoms with Crippen LogP contribution in [0.3, 0.4) is 0 Å². The standard InChI is InChI=1S/C16H21N7OS/c1-22-14-6-4-3-5-12(14)19-16(22)13(8-10-25-2)18-15(24)7-9-23-11-17-20-21-23/h3-6,11,13H,7-10H2,1-2H3,(H,18,24)/t13-/m1/s1. The molecule has 132 valence electrons. The van der Waals surface area contributed by atoms with E-state index < -0.39 is 0 Å². The smallest absolute Gasteiger partial charge is 0.222 e. The summed E-state index contributed by atoms with van der Waals surface area (Å²) in [5.74, 6) is 1.79. The molecule has 3 aromatic rings. The van der Waals surface area contributed by atoms with E-state index in [0.717, 1.165) is 29.0 Å². The zero-order valence-electron chi connectivity index (χ0n) is 14.3. The number of hydrogen-bond acceptors (Lipinski definition) is 6. The van der Waals surface area contributed by atoms with Crippen molar-refractivity contribution < 1.29 is 4.79 Å². The molecule has 0 saturated carbocycles. The van der Waals surface area contributed by atoms with Crippen molar-refractivity contribution in [3.63, 3.8) is 0 Å². The van der Waals surface area contributed by atoms with Crippen molar-refractivity contribution in [3.8, 4) is 0 Å². The number of tetrazole rings is 1. The van der Waals surface area contributed by atoms with E-state index in [0.29, 0.717) is 13.0 Å². The molecule has 1 N–H and O–H groups in total. The third kappa shape index (κ3) is 4.16. The molecular formula is C16H21N7OS. The van der Waals surface area contributed by atoms with E-state index in [-0.39, 0.29) is 11.9 Å². The van der Waals surface area contributed by atoms with E-state index in [1.807, 2.05) is 31.3 Å². The summed E-state index contributed by atoms with van der Waals surface area (Å²) in [4.78, 5) is 17.1.